The number of nitrogens with one attached hydrogen (secondary N) is 2. The number of aromatic carboxylic acids is 1. The predicted octanol–water partition coefficient (Wildman–Crippen LogP) is 1.23. The first-order valence-corrected chi connectivity index (χ1v) is 8.73. The van der Waals surface area contributed by atoms with Crippen molar-refractivity contribution in [2.45, 2.75) is 25.3 Å². The molecule has 0 spiro atoms. The van der Waals surface area contributed by atoms with Gasteiger partial charge in [-0.1, -0.05) is 12.1 Å². The van der Waals surface area contributed by atoms with Crippen LogP contribution in [-0.2, 0) is 9.59 Å². The van der Waals surface area contributed by atoms with Crippen LogP contribution in [0.5, 0.6) is 0 Å². The van der Waals surface area contributed by atoms with Gasteiger partial charge in [0, 0.05) is 19.2 Å². The topological polar surface area (TPSA) is 116 Å². The number of carboxylic acid groups (broad SMARTS) is 1. The van der Waals surface area contributed by atoms with E-state index in [4.69, 9.17) is 5.11 Å². The molecule has 2 fully saturated rings. The number of nitrogens with zero attached hydrogens (tertiary/aromatic N) is 1. The minimum atomic E-state index is -0.995. The van der Waals surface area contributed by atoms with Gasteiger partial charge in [0.05, 0.1) is 5.56 Å². The van der Waals surface area contributed by atoms with Gasteiger partial charge in [0.1, 0.15) is 5.54 Å². The van der Waals surface area contributed by atoms with E-state index in [0.717, 1.165) is 5.56 Å². The third-order valence-corrected chi connectivity index (χ3v) is 5.27. The average Bonchev–Trinajstić information content (AvgIpc) is 2.93. The molecule has 0 radical (unpaired) electrons. The molecule has 2 aliphatic heterocycles. The number of carboxylic acids is 1. The predicted molar refractivity (Wildman–Crippen MR) is 96.8 cm³/mol. The van der Waals surface area contributed by atoms with Crippen molar-refractivity contribution in [3.63, 3.8) is 0 Å². The van der Waals surface area contributed by atoms with E-state index >= 15 is 0 Å². The number of hydrogen-bond acceptors (Lipinski definition) is 4. The molecule has 2 aliphatic rings. The fourth-order valence-electron chi connectivity index (χ4n) is 3.53. The highest BCUT2D eigenvalue weighted by atomic mass is 16.4. The second kappa shape index (κ2) is 7.22. The van der Waals surface area contributed by atoms with Gasteiger partial charge in [-0.3, -0.25) is 14.9 Å². The minimum Gasteiger partial charge on any atom is -0.478 e. The molecule has 0 aliphatic carbocycles. The summed E-state index contributed by atoms with van der Waals surface area (Å²) in [5.41, 5.74) is 0.00619. The maximum absolute atomic E-state index is 12.4. The molecule has 8 nitrogen and oxygen atoms in total. The number of piperidine rings is 1. The highest BCUT2D eigenvalue weighted by Crippen LogP contribution is 2.30. The van der Waals surface area contributed by atoms with E-state index in [0.29, 0.717) is 25.9 Å². The average molecular weight is 371 g/mol. The molecule has 27 heavy (non-hydrogen) atoms. The summed E-state index contributed by atoms with van der Waals surface area (Å²) in [6.45, 7) is 2.73. The van der Waals surface area contributed by atoms with Gasteiger partial charge < -0.3 is 15.3 Å². The maximum Gasteiger partial charge on any atom is 0.335 e. The van der Waals surface area contributed by atoms with Crippen LogP contribution in [0.2, 0.25) is 0 Å². The Morgan fingerprint density at radius 3 is 2.33 bits per heavy atom. The Morgan fingerprint density at radius 1 is 1.19 bits per heavy atom. The Hall–Kier alpha value is -3.16. The second-order valence-corrected chi connectivity index (χ2v) is 6.97. The Morgan fingerprint density at radius 2 is 1.81 bits per heavy atom. The van der Waals surface area contributed by atoms with Crippen LogP contribution in [0, 0.1) is 5.92 Å². The Bertz CT molecular complexity index is 809. The number of amides is 4. The smallest absolute Gasteiger partial charge is 0.335 e. The summed E-state index contributed by atoms with van der Waals surface area (Å²) < 4.78 is 0. The van der Waals surface area contributed by atoms with Crippen molar-refractivity contribution in [3.8, 4) is 0 Å². The van der Waals surface area contributed by atoms with E-state index in [1.165, 1.54) is 18.2 Å². The van der Waals surface area contributed by atoms with Crippen molar-refractivity contribution < 1.29 is 24.3 Å². The highest BCUT2D eigenvalue weighted by molar-refractivity contribution is 6.07. The summed E-state index contributed by atoms with van der Waals surface area (Å²) >= 11 is 0. The third kappa shape index (κ3) is 3.84. The summed E-state index contributed by atoms with van der Waals surface area (Å²) in [7, 11) is 0. The van der Waals surface area contributed by atoms with Crippen LogP contribution in [-0.4, -0.2) is 52.4 Å². The lowest BCUT2D eigenvalue weighted by atomic mass is 9.79. The summed E-state index contributed by atoms with van der Waals surface area (Å²) in [5, 5.41) is 13.9. The number of carbonyl (C=O) groups excluding carboxylic acids is 3. The van der Waals surface area contributed by atoms with Crippen LogP contribution in [0.4, 0.5) is 4.79 Å². The molecule has 0 bridgehead atoms. The van der Waals surface area contributed by atoms with Crippen molar-refractivity contribution in [1.82, 2.24) is 15.5 Å². The minimum absolute atomic E-state index is 0.0273. The van der Waals surface area contributed by atoms with Crippen LogP contribution in [0.1, 0.15) is 35.7 Å². The van der Waals surface area contributed by atoms with E-state index in [9.17, 15) is 19.2 Å². The molecule has 1 unspecified atom stereocenters. The van der Waals surface area contributed by atoms with Crippen LogP contribution in [0.15, 0.2) is 30.3 Å². The molecule has 1 atom stereocenters. The molecule has 0 aromatic heterocycles. The number of hydrogen-bond donors (Lipinski definition) is 3. The molecule has 8 heteroatoms. The van der Waals surface area contributed by atoms with Gasteiger partial charge in [0.2, 0.25) is 5.91 Å². The fraction of sp³-hybridized carbons (Fsp3) is 0.368. The number of carbonyl (C=O) groups is 4. The second-order valence-electron chi connectivity index (χ2n) is 6.97. The number of benzene rings is 1. The van der Waals surface area contributed by atoms with E-state index < -0.39 is 17.5 Å². The molecule has 4 amide bonds. The molecular weight excluding hydrogens is 350 g/mol. The summed E-state index contributed by atoms with van der Waals surface area (Å²) in [4.78, 5) is 48.3. The molecule has 3 rings (SSSR count). The zero-order chi connectivity index (χ0) is 19.6. The van der Waals surface area contributed by atoms with Crippen molar-refractivity contribution in [3.05, 3.63) is 41.5 Å². The highest BCUT2D eigenvalue weighted by Gasteiger charge is 2.48. The van der Waals surface area contributed by atoms with E-state index in [1.807, 2.05) is 0 Å². The number of urea groups is 1. The van der Waals surface area contributed by atoms with Crippen LogP contribution in [0.25, 0.3) is 6.08 Å². The quantitative estimate of drug-likeness (QED) is 0.544. The van der Waals surface area contributed by atoms with Gasteiger partial charge in [-0.25, -0.2) is 9.59 Å². The third-order valence-electron chi connectivity index (χ3n) is 5.27. The molecule has 2 saturated heterocycles. The van der Waals surface area contributed by atoms with Crippen LogP contribution < -0.4 is 10.6 Å². The van der Waals surface area contributed by atoms with Gasteiger partial charge in [-0.15, -0.1) is 0 Å². The molecule has 1 aromatic rings. The SMILES string of the molecule is CC1(C2CCN(C(=O)/C=C/c3ccc(C(=O)O)cc3)CC2)NC(=O)NC1=O. The standard InChI is InChI=1S/C19H21N3O5/c1-19(17(26)20-18(27)21-19)14-8-10-22(11-9-14)15(23)7-4-12-2-5-13(6-3-12)16(24)25/h2-7,14H,8-11H2,1H3,(H,24,25)(H2,20,21,26,27)/b7-4+. The largest absolute Gasteiger partial charge is 0.478 e. The monoisotopic (exact) mass is 371 g/mol. The fourth-order valence-corrected chi connectivity index (χ4v) is 3.53. The van der Waals surface area contributed by atoms with Crippen molar-refractivity contribution in [1.29, 1.82) is 0 Å². The Kier molecular flexibility index (Phi) is 4.98. The van der Waals surface area contributed by atoms with Crippen molar-refractivity contribution >= 4 is 29.9 Å². The van der Waals surface area contributed by atoms with Gasteiger partial charge in [0.15, 0.2) is 0 Å². The van der Waals surface area contributed by atoms with Gasteiger partial charge in [0.25, 0.3) is 5.91 Å². The Labute approximate surface area is 156 Å². The molecular formula is C19H21N3O5. The maximum atomic E-state index is 12.4. The van der Waals surface area contributed by atoms with Crippen molar-refractivity contribution in [2.75, 3.05) is 13.1 Å². The first kappa shape index (κ1) is 18.6. The van der Waals surface area contributed by atoms with Crippen LogP contribution in [0.3, 0.4) is 0 Å². The molecule has 142 valence electrons. The number of imide groups is 1. The molecule has 2 heterocycles. The van der Waals surface area contributed by atoms with Crippen molar-refractivity contribution in [2.24, 2.45) is 5.92 Å². The molecule has 0 saturated carbocycles. The summed E-state index contributed by atoms with van der Waals surface area (Å²) in [6.07, 6.45) is 4.35. The Balaban J connectivity index is 1.56. The van der Waals surface area contributed by atoms with Gasteiger partial charge in [-0.2, -0.15) is 0 Å². The molecule has 3 N–H and O–H groups in total. The lowest BCUT2D eigenvalue weighted by molar-refractivity contribution is -0.129. The van der Waals surface area contributed by atoms with Gasteiger partial charge >= 0.3 is 12.0 Å². The lowest BCUT2D eigenvalue weighted by Gasteiger charge is -2.38. The number of rotatable bonds is 4. The first-order chi connectivity index (χ1) is 12.8. The van der Waals surface area contributed by atoms with E-state index in [2.05, 4.69) is 10.6 Å². The van der Waals surface area contributed by atoms with E-state index in [1.54, 1.807) is 30.0 Å². The lowest BCUT2D eigenvalue weighted by Crippen LogP contribution is -2.54. The summed E-state index contributed by atoms with van der Waals surface area (Å²) in [6, 6.07) is 5.78. The normalized spacial score (nSPS) is 23.4. The molecule has 1 aromatic carbocycles. The first-order valence-electron chi connectivity index (χ1n) is 8.73. The summed E-state index contributed by atoms with van der Waals surface area (Å²) in [5.74, 6) is -1.48. The van der Waals surface area contributed by atoms with E-state index in [-0.39, 0.29) is 23.3 Å². The van der Waals surface area contributed by atoms with Gasteiger partial charge in [-0.05, 0) is 49.5 Å². The number of likely N-dealkylation sites (tertiary alicyclic amines) is 1. The zero-order valence-electron chi connectivity index (χ0n) is 14.9. The zero-order valence-corrected chi connectivity index (χ0v) is 14.9. The van der Waals surface area contributed by atoms with Crippen LogP contribution >= 0.6 is 0 Å².